The maximum absolute atomic E-state index is 12.5. The fourth-order valence-corrected chi connectivity index (χ4v) is 4.43. The maximum atomic E-state index is 12.5. The van der Waals surface area contributed by atoms with Crippen molar-refractivity contribution < 1.29 is 9.53 Å². The largest absolute Gasteiger partial charge is 0.494 e. The van der Waals surface area contributed by atoms with Crippen LogP contribution in [0, 0.1) is 0 Å². The van der Waals surface area contributed by atoms with Gasteiger partial charge in [-0.3, -0.25) is 4.79 Å². The number of anilines is 1. The SMILES string of the molecule is C=CCn1c(CCCOc2ccc(C(C)(C)C)cc2)nnc1SCC(=O)Nc1ccccc1CC. The third-order valence-corrected chi connectivity index (χ3v) is 6.61. The molecule has 0 atom stereocenters. The second-order valence-electron chi connectivity index (χ2n) is 9.37. The number of benzene rings is 2. The van der Waals surface area contributed by atoms with E-state index in [-0.39, 0.29) is 17.1 Å². The molecule has 2 aromatic carbocycles. The Morgan fingerprint density at radius 1 is 1.14 bits per heavy atom. The Morgan fingerprint density at radius 3 is 2.57 bits per heavy atom. The van der Waals surface area contributed by atoms with Gasteiger partial charge in [0, 0.05) is 18.7 Å². The van der Waals surface area contributed by atoms with Crippen molar-refractivity contribution in [3.63, 3.8) is 0 Å². The summed E-state index contributed by atoms with van der Waals surface area (Å²) in [5, 5.41) is 12.4. The molecule has 1 N–H and O–H groups in total. The number of hydrogen-bond donors (Lipinski definition) is 1. The zero-order valence-electron chi connectivity index (χ0n) is 21.2. The summed E-state index contributed by atoms with van der Waals surface area (Å²) in [5.41, 5.74) is 3.40. The molecule has 1 heterocycles. The molecule has 0 radical (unpaired) electrons. The van der Waals surface area contributed by atoms with E-state index in [1.54, 1.807) is 0 Å². The molecule has 0 spiro atoms. The van der Waals surface area contributed by atoms with Gasteiger partial charge in [0.2, 0.25) is 5.91 Å². The molecule has 7 heteroatoms. The van der Waals surface area contributed by atoms with Gasteiger partial charge in [-0.1, -0.05) is 75.9 Å². The van der Waals surface area contributed by atoms with Crippen molar-refractivity contribution >= 4 is 23.4 Å². The number of carbonyl (C=O) groups excluding carboxylic acids is 1. The molecule has 0 saturated heterocycles. The van der Waals surface area contributed by atoms with E-state index < -0.39 is 0 Å². The molecule has 1 amide bonds. The Morgan fingerprint density at radius 2 is 1.89 bits per heavy atom. The molecular weight excluding hydrogens is 456 g/mol. The highest BCUT2D eigenvalue weighted by atomic mass is 32.2. The topological polar surface area (TPSA) is 69.0 Å². The Labute approximate surface area is 213 Å². The van der Waals surface area contributed by atoms with E-state index in [1.165, 1.54) is 17.3 Å². The second-order valence-corrected chi connectivity index (χ2v) is 10.3. The van der Waals surface area contributed by atoms with Crippen LogP contribution in [0.5, 0.6) is 5.75 Å². The molecule has 3 rings (SSSR count). The summed E-state index contributed by atoms with van der Waals surface area (Å²) in [6.07, 6.45) is 4.24. The number of amides is 1. The van der Waals surface area contributed by atoms with E-state index in [1.807, 2.05) is 47.0 Å². The van der Waals surface area contributed by atoms with Gasteiger partial charge in [0.05, 0.1) is 12.4 Å². The highest BCUT2D eigenvalue weighted by Crippen LogP contribution is 2.24. The van der Waals surface area contributed by atoms with Crippen LogP contribution in [0.3, 0.4) is 0 Å². The van der Waals surface area contributed by atoms with Crippen LogP contribution in [-0.2, 0) is 29.6 Å². The van der Waals surface area contributed by atoms with Crippen LogP contribution >= 0.6 is 11.8 Å². The number of nitrogens with one attached hydrogen (secondary N) is 1. The average molecular weight is 493 g/mol. The smallest absolute Gasteiger partial charge is 0.234 e. The van der Waals surface area contributed by atoms with Crippen LogP contribution < -0.4 is 10.1 Å². The number of nitrogens with zero attached hydrogens (tertiary/aromatic N) is 3. The number of aromatic nitrogens is 3. The molecule has 0 fully saturated rings. The van der Waals surface area contributed by atoms with Crippen molar-refractivity contribution in [2.45, 2.75) is 64.1 Å². The van der Waals surface area contributed by atoms with E-state index in [4.69, 9.17) is 4.74 Å². The number of aryl methyl sites for hydroxylation is 2. The van der Waals surface area contributed by atoms with Gasteiger partial charge in [-0.2, -0.15) is 0 Å². The summed E-state index contributed by atoms with van der Waals surface area (Å²) in [5.74, 6) is 1.95. The normalized spacial score (nSPS) is 11.3. The second kappa shape index (κ2) is 12.6. The molecular formula is C28H36N4O2S. The first-order chi connectivity index (χ1) is 16.8. The van der Waals surface area contributed by atoms with E-state index in [2.05, 4.69) is 61.9 Å². The van der Waals surface area contributed by atoms with Crippen LogP contribution in [-0.4, -0.2) is 33.0 Å². The lowest BCUT2D eigenvalue weighted by Gasteiger charge is -2.19. The molecule has 35 heavy (non-hydrogen) atoms. The minimum atomic E-state index is -0.0588. The van der Waals surface area contributed by atoms with E-state index in [0.717, 1.165) is 47.2 Å². The molecule has 6 nitrogen and oxygen atoms in total. The first-order valence-corrected chi connectivity index (χ1v) is 13.1. The summed E-state index contributed by atoms with van der Waals surface area (Å²) in [7, 11) is 0. The molecule has 1 aromatic heterocycles. The molecule has 0 aliphatic carbocycles. The number of thioether (sulfide) groups is 1. The van der Waals surface area contributed by atoms with E-state index >= 15 is 0 Å². The number of hydrogen-bond acceptors (Lipinski definition) is 5. The molecule has 0 aliphatic rings. The van der Waals surface area contributed by atoms with Crippen LogP contribution in [0.1, 0.15) is 51.1 Å². The lowest BCUT2D eigenvalue weighted by Crippen LogP contribution is -2.16. The minimum Gasteiger partial charge on any atom is -0.494 e. The third-order valence-electron chi connectivity index (χ3n) is 5.64. The third kappa shape index (κ3) is 7.72. The van der Waals surface area contributed by atoms with Crippen molar-refractivity contribution in [1.29, 1.82) is 0 Å². The number of allylic oxidation sites excluding steroid dienone is 1. The van der Waals surface area contributed by atoms with Crippen LogP contribution in [0.15, 0.2) is 66.3 Å². The average Bonchev–Trinajstić information content (AvgIpc) is 3.22. The first-order valence-electron chi connectivity index (χ1n) is 12.1. The molecule has 0 unspecified atom stereocenters. The fourth-order valence-electron chi connectivity index (χ4n) is 3.66. The number of para-hydroxylation sites is 1. The van der Waals surface area contributed by atoms with Crippen molar-refractivity contribution in [2.24, 2.45) is 0 Å². The van der Waals surface area contributed by atoms with Gasteiger partial charge in [0.1, 0.15) is 11.6 Å². The molecule has 0 saturated carbocycles. The molecule has 0 aliphatic heterocycles. The molecule has 3 aromatic rings. The highest BCUT2D eigenvalue weighted by molar-refractivity contribution is 7.99. The highest BCUT2D eigenvalue weighted by Gasteiger charge is 2.15. The van der Waals surface area contributed by atoms with Crippen LogP contribution in [0.4, 0.5) is 5.69 Å². The van der Waals surface area contributed by atoms with Crippen LogP contribution in [0.25, 0.3) is 0 Å². The maximum Gasteiger partial charge on any atom is 0.234 e. The summed E-state index contributed by atoms with van der Waals surface area (Å²) < 4.78 is 7.94. The van der Waals surface area contributed by atoms with Crippen molar-refractivity contribution in [3.8, 4) is 5.75 Å². The minimum absolute atomic E-state index is 0.0588. The monoisotopic (exact) mass is 492 g/mol. The van der Waals surface area contributed by atoms with Gasteiger partial charge in [0.15, 0.2) is 5.16 Å². The van der Waals surface area contributed by atoms with Crippen molar-refractivity contribution in [2.75, 3.05) is 17.7 Å². The zero-order chi connectivity index (χ0) is 25.3. The predicted octanol–water partition coefficient (Wildman–Crippen LogP) is 6.07. The van der Waals surface area contributed by atoms with Gasteiger partial charge in [0.25, 0.3) is 0 Å². The first kappa shape index (κ1) is 26.5. The van der Waals surface area contributed by atoms with Gasteiger partial charge in [-0.25, -0.2) is 0 Å². The summed E-state index contributed by atoms with van der Waals surface area (Å²) in [6, 6.07) is 16.2. The molecule has 0 bridgehead atoms. The van der Waals surface area contributed by atoms with Crippen molar-refractivity contribution in [1.82, 2.24) is 14.8 Å². The quantitative estimate of drug-likeness (QED) is 0.189. The fraction of sp³-hybridized carbons (Fsp3) is 0.393. The van der Waals surface area contributed by atoms with Gasteiger partial charge >= 0.3 is 0 Å². The lowest BCUT2D eigenvalue weighted by molar-refractivity contribution is -0.113. The Kier molecular flexibility index (Phi) is 9.55. The Hall–Kier alpha value is -3.06. The predicted molar refractivity (Wildman–Crippen MR) is 144 cm³/mol. The lowest BCUT2D eigenvalue weighted by atomic mass is 9.87. The Balaban J connectivity index is 1.51. The number of ether oxygens (including phenoxy) is 1. The molecule has 186 valence electrons. The van der Waals surface area contributed by atoms with Crippen LogP contribution in [0.2, 0.25) is 0 Å². The standard InChI is InChI=1S/C28H36N4O2S/c1-6-18-32-25(13-10-19-34-23-16-14-22(15-17-23)28(3,4)5)30-31-27(32)35-20-26(33)29-24-12-9-8-11-21(24)7-2/h6,8-9,11-12,14-17H,1,7,10,13,18-20H2,2-5H3,(H,29,33). The van der Waals surface area contributed by atoms with E-state index in [9.17, 15) is 4.79 Å². The summed E-state index contributed by atoms with van der Waals surface area (Å²) in [4.78, 5) is 12.5. The summed E-state index contributed by atoms with van der Waals surface area (Å²) >= 11 is 1.39. The van der Waals surface area contributed by atoms with Gasteiger partial charge in [-0.05, 0) is 47.6 Å². The van der Waals surface area contributed by atoms with Crippen molar-refractivity contribution in [3.05, 3.63) is 78.1 Å². The van der Waals surface area contributed by atoms with Gasteiger partial charge < -0.3 is 14.6 Å². The zero-order valence-corrected chi connectivity index (χ0v) is 22.0. The number of carbonyl (C=O) groups is 1. The number of rotatable bonds is 12. The Bertz CT molecular complexity index is 1120. The van der Waals surface area contributed by atoms with Gasteiger partial charge in [-0.15, -0.1) is 16.8 Å². The van der Waals surface area contributed by atoms with E-state index in [0.29, 0.717) is 13.2 Å². The summed E-state index contributed by atoms with van der Waals surface area (Å²) in [6.45, 7) is 13.7.